The minimum Gasteiger partial charge on any atom is -0.381 e. The molecule has 0 atom stereocenters. The molecule has 13 heavy (non-hydrogen) atoms. The van der Waals surface area contributed by atoms with Crippen LogP contribution >= 0.6 is 11.6 Å². The molecular formula is C10H16ClNO. The third-order valence-corrected chi connectivity index (χ3v) is 3.53. The van der Waals surface area contributed by atoms with Crippen molar-refractivity contribution in [3.8, 4) is 0 Å². The van der Waals surface area contributed by atoms with E-state index in [1.165, 1.54) is 25.8 Å². The fourth-order valence-corrected chi connectivity index (χ4v) is 2.44. The number of hydrogen-bond acceptors (Lipinski definition) is 2. The normalized spacial score (nSPS) is 28.1. The van der Waals surface area contributed by atoms with Crippen LogP contribution in [0, 0.1) is 0 Å². The Hall–Kier alpha value is -0.0500. The summed E-state index contributed by atoms with van der Waals surface area (Å²) in [7, 11) is 0. The van der Waals surface area contributed by atoms with Gasteiger partial charge in [-0.2, -0.15) is 0 Å². The van der Waals surface area contributed by atoms with Gasteiger partial charge in [0.25, 0.3) is 0 Å². The minimum absolute atomic E-state index is 0.467. The molecule has 2 aliphatic heterocycles. The van der Waals surface area contributed by atoms with Gasteiger partial charge in [0.15, 0.2) is 0 Å². The van der Waals surface area contributed by atoms with Gasteiger partial charge in [-0.25, -0.2) is 0 Å². The summed E-state index contributed by atoms with van der Waals surface area (Å²) in [5.74, 6) is 0. The quantitative estimate of drug-likeness (QED) is 0.678. The first-order valence-electron chi connectivity index (χ1n) is 4.95. The number of halogens is 1. The topological polar surface area (TPSA) is 12.5 Å². The summed E-state index contributed by atoms with van der Waals surface area (Å²) in [6.45, 7) is 4.09. The lowest BCUT2D eigenvalue weighted by molar-refractivity contribution is -0.0834. The van der Waals surface area contributed by atoms with E-state index in [0.717, 1.165) is 19.8 Å². The van der Waals surface area contributed by atoms with Crippen molar-refractivity contribution < 1.29 is 4.74 Å². The summed E-state index contributed by atoms with van der Waals surface area (Å²) in [6.07, 6.45) is 5.76. The molecule has 2 saturated heterocycles. The Balaban J connectivity index is 1.90. The van der Waals surface area contributed by atoms with Crippen molar-refractivity contribution in [2.24, 2.45) is 0 Å². The average molecular weight is 202 g/mol. The van der Waals surface area contributed by atoms with Crippen LogP contribution in [0.3, 0.4) is 0 Å². The molecule has 0 unspecified atom stereocenters. The van der Waals surface area contributed by atoms with Gasteiger partial charge in [-0.15, -0.1) is 0 Å². The van der Waals surface area contributed by atoms with Crippen LogP contribution in [0.25, 0.3) is 0 Å². The van der Waals surface area contributed by atoms with Crippen LogP contribution in [0.15, 0.2) is 11.6 Å². The van der Waals surface area contributed by atoms with E-state index in [-0.39, 0.29) is 0 Å². The summed E-state index contributed by atoms with van der Waals surface area (Å²) in [5.41, 5.74) is 2.08. The van der Waals surface area contributed by atoms with Crippen molar-refractivity contribution in [1.29, 1.82) is 0 Å². The van der Waals surface area contributed by atoms with Crippen LogP contribution in [0.1, 0.15) is 19.3 Å². The zero-order valence-electron chi connectivity index (χ0n) is 7.84. The lowest BCUT2D eigenvalue weighted by Crippen LogP contribution is -2.61. The molecule has 1 spiro atoms. The highest BCUT2D eigenvalue weighted by Crippen LogP contribution is 2.38. The van der Waals surface area contributed by atoms with E-state index in [2.05, 4.69) is 4.90 Å². The van der Waals surface area contributed by atoms with E-state index in [9.17, 15) is 0 Å². The molecule has 2 rings (SSSR count). The zero-order chi connectivity index (χ0) is 9.15. The molecule has 74 valence electrons. The predicted octanol–water partition coefficient (Wildman–Crippen LogP) is 1.99. The largest absolute Gasteiger partial charge is 0.381 e. The fourth-order valence-electron chi connectivity index (χ4n) is 2.36. The standard InChI is InChI=1S/C10H16ClNO/c11-5-1-6-12-7-2-10(12)3-8-13-9-4-10/h1,5H,2-4,6-9H2/b5-1+. The molecule has 0 aromatic carbocycles. The molecule has 2 nitrogen and oxygen atoms in total. The van der Waals surface area contributed by atoms with E-state index < -0.39 is 0 Å². The van der Waals surface area contributed by atoms with Gasteiger partial charge in [0.2, 0.25) is 0 Å². The first-order chi connectivity index (χ1) is 6.37. The van der Waals surface area contributed by atoms with E-state index in [1.807, 2.05) is 6.08 Å². The fraction of sp³-hybridized carbons (Fsp3) is 0.800. The van der Waals surface area contributed by atoms with E-state index >= 15 is 0 Å². The van der Waals surface area contributed by atoms with E-state index in [1.54, 1.807) is 5.54 Å². The molecular weight excluding hydrogens is 186 g/mol. The van der Waals surface area contributed by atoms with Crippen LogP contribution in [-0.4, -0.2) is 36.7 Å². The third kappa shape index (κ3) is 1.76. The molecule has 3 heteroatoms. The predicted molar refractivity (Wildman–Crippen MR) is 54.0 cm³/mol. The van der Waals surface area contributed by atoms with E-state index in [4.69, 9.17) is 16.3 Å². The van der Waals surface area contributed by atoms with Crippen LogP contribution < -0.4 is 0 Å². The highest BCUT2D eigenvalue weighted by Gasteiger charge is 2.44. The Morgan fingerprint density at radius 3 is 2.62 bits per heavy atom. The number of ether oxygens (including phenoxy) is 1. The maximum Gasteiger partial charge on any atom is 0.0483 e. The highest BCUT2D eigenvalue weighted by molar-refractivity contribution is 6.25. The molecule has 2 fully saturated rings. The first-order valence-corrected chi connectivity index (χ1v) is 5.39. The number of likely N-dealkylation sites (tertiary alicyclic amines) is 1. The molecule has 0 aliphatic carbocycles. The van der Waals surface area contributed by atoms with Gasteiger partial charge in [0, 0.05) is 37.4 Å². The molecule has 0 aromatic heterocycles. The lowest BCUT2D eigenvalue weighted by atomic mass is 9.78. The SMILES string of the molecule is Cl/C=C/CN1CCC12CCOCC2. The third-order valence-electron chi connectivity index (χ3n) is 3.36. The summed E-state index contributed by atoms with van der Waals surface area (Å²) in [4.78, 5) is 2.52. The van der Waals surface area contributed by atoms with Gasteiger partial charge in [0.05, 0.1) is 0 Å². The minimum atomic E-state index is 0.467. The van der Waals surface area contributed by atoms with Crippen molar-refractivity contribution >= 4 is 11.6 Å². The second kappa shape index (κ2) is 3.99. The maximum absolute atomic E-state index is 5.52. The molecule has 0 amide bonds. The monoisotopic (exact) mass is 201 g/mol. The Bertz CT molecular complexity index is 199. The highest BCUT2D eigenvalue weighted by atomic mass is 35.5. The summed E-state index contributed by atoms with van der Waals surface area (Å²) in [5, 5.41) is 0. The van der Waals surface area contributed by atoms with Crippen LogP contribution in [0.5, 0.6) is 0 Å². The maximum atomic E-state index is 5.52. The lowest BCUT2D eigenvalue weighted by Gasteiger charge is -2.54. The Morgan fingerprint density at radius 1 is 1.31 bits per heavy atom. The van der Waals surface area contributed by atoms with Crippen molar-refractivity contribution in [3.05, 3.63) is 11.6 Å². The smallest absolute Gasteiger partial charge is 0.0483 e. The van der Waals surface area contributed by atoms with Crippen molar-refractivity contribution in [2.75, 3.05) is 26.3 Å². The second-order valence-corrected chi connectivity index (χ2v) is 4.15. The van der Waals surface area contributed by atoms with Gasteiger partial charge >= 0.3 is 0 Å². The Kier molecular flexibility index (Phi) is 2.92. The van der Waals surface area contributed by atoms with Crippen LogP contribution in [0.2, 0.25) is 0 Å². The molecule has 0 bridgehead atoms. The zero-order valence-corrected chi connectivity index (χ0v) is 8.59. The van der Waals surface area contributed by atoms with E-state index in [0.29, 0.717) is 5.54 Å². The second-order valence-electron chi connectivity index (χ2n) is 3.89. The van der Waals surface area contributed by atoms with Gasteiger partial charge in [0.1, 0.15) is 0 Å². The summed E-state index contributed by atoms with van der Waals surface area (Å²) in [6, 6.07) is 0. The van der Waals surface area contributed by atoms with Crippen molar-refractivity contribution in [2.45, 2.75) is 24.8 Å². The average Bonchev–Trinajstić information content (AvgIpc) is 2.18. The first kappa shape index (κ1) is 9.50. The molecule has 2 aliphatic rings. The van der Waals surface area contributed by atoms with Crippen molar-refractivity contribution in [1.82, 2.24) is 4.90 Å². The number of nitrogens with zero attached hydrogens (tertiary/aromatic N) is 1. The molecule has 0 saturated carbocycles. The number of hydrogen-bond donors (Lipinski definition) is 0. The summed E-state index contributed by atoms with van der Waals surface area (Å²) < 4.78 is 5.38. The van der Waals surface area contributed by atoms with Gasteiger partial charge < -0.3 is 4.74 Å². The molecule has 0 N–H and O–H groups in total. The number of rotatable bonds is 2. The molecule has 0 radical (unpaired) electrons. The summed E-state index contributed by atoms with van der Waals surface area (Å²) >= 11 is 5.52. The Labute approximate surface area is 84.5 Å². The van der Waals surface area contributed by atoms with Crippen LogP contribution in [0.4, 0.5) is 0 Å². The van der Waals surface area contributed by atoms with Gasteiger partial charge in [-0.3, -0.25) is 4.90 Å². The molecule has 2 heterocycles. The van der Waals surface area contributed by atoms with Gasteiger partial charge in [-0.1, -0.05) is 17.7 Å². The van der Waals surface area contributed by atoms with Crippen LogP contribution in [-0.2, 0) is 4.74 Å². The van der Waals surface area contributed by atoms with Gasteiger partial charge in [-0.05, 0) is 19.3 Å². The van der Waals surface area contributed by atoms with Crippen molar-refractivity contribution in [3.63, 3.8) is 0 Å². The molecule has 0 aromatic rings. The Morgan fingerprint density at radius 2 is 2.08 bits per heavy atom.